The summed E-state index contributed by atoms with van der Waals surface area (Å²) >= 11 is 0. The number of aromatic nitrogens is 1. The molecule has 0 spiro atoms. The molecule has 2 heteroatoms. The van der Waals surface area contributed by atoms with Crippen LogP contribution in [0, 0.1) is 0 Å². The number of aliphatic imine (C=N–C) groups is 1. The summed E-state index contributed by atoms with van der Waals surface area (Å²) in [6, 6.07) is 62.2. The topological polar surface area (TPSA) is 25.2 Å². The smallest absolute Gasteiger partial charge is 0.0796 e. The van der Waals surface area contributed by atoms with Gasteiger partial charge in [-0.2, -0.15) is 0 Å². The zero-order valence-corrected chi connectivity index (χ0v) is 30.1. The van der Waals surface area contributed by atoms with E-state index >= 15 is 0 Å². The fraction of sp³-hybridized carbons (Fsp3) is 0.0385. The Kier molecular flexibility index (Phi) is 9.99. The minimum absolute atomic E-state index is 0.00463. The van der Waals surface area contributed by atoms with Crippen LogP contribution in [0.3, 0.4) is 0 Å². The van der Waals surface area contributed by atoms with E-state index in [-0.39, 0.29) is 6.04 Å². The molecule has 6 aromatic carbocycles. The van der Waals surface area contributed by atoms with Crippen molar-refractivity contribution in [2.45, 2.75) is 12.5 Å². The van der Waals surface area contributed by atoms with Crippen LogP contribution < -0.4 is 0 Å². The molecular formula is C52H40N2. The van der Waals surface area contributed by atoms with Gasteiger partial charge in [0.2, 0.25) is 0 Å². The zero-order valence-electron chi connectivity index (χ0n) is 30.1. The van der Waals surface area contributed by atoms with E-state index in [0.29, 0.717) is 0 Å². The molecule has 54 heavy (non-hydrogen) atoms. The van der Waals surface area contributed by atoms with Crippen LogP contribution in [0.5, 0.6) is 0 Å². The molecule has 0 N–H and O–H groups in total. The number of hydrogen-bond acceptors (Lipinski definition) is 2. The molecule has 0 radical (unpaired) electrons. The number of benzene rings is 6. The van der Waals surface area contributed by atoms with Crippen molar-refractivity contribution in [1.29, 1.82) is 0 Å². The predicted molar refractivity (Wildman–Crippen MR) is 229 cm³/mol. The van der Waals surface area contributed by atoms with Crippen LogP contribution >= 0.6 is 0 Å². The third kappa shape index (κ3) is 7.51. The van der Waals surface area contributed by atoms with Gasteiger partial charge in [-0.1, -0.05) is 189 Å². The van der Waals surface area contributed by atoms with Gasteiger partial charge in [0.05, 0.1) is 23.1 Å². The van der Waals surface area contributed by atoms with Crippen LogP contribution in [0.2, 0.25) is 0 Å². The van der Waals surface area contributed by atoms with Gasteiger partial charge in [0.15, 0.2) is 0 Å². The van der Waals surface area contributed by atoms with Crippen LogP contribution in [0.25, 0.3) is 55.9 Å². The van der Waals surface area contributed by atoms with Crippen molar-refractivity contribution in [2.24, 2.45) is 4.99 Å². The maximum absolute atomic E-state index is 5.31. The molecule has 258 valence electrons. The van der Waals surface area contributed by atoms with Crippen molar-refractivity contribution < 1.29 is 0 Å². The van der Waals surface area contributed by atoms with E-state index in [2.05, 4.69) is 183 Å². The fourth-order valence-electron chi connectivity index (χ4n) is 7.12. The van der Waals surface area contributed by atoms with Crippen LogP contribution in [-0.4, -0.2) is 10.7 Å². The van der Waals surface area contributed by atoms with Gasteiger partial charge in [-0.15, -0.1) is 0 Å². The highest BCUT2D eigenvalue weighted by Crippen LogP contribution is 2.38. The zero-order chi connectivity index (χ0) is 36.7. The second-order valence-electron chi connectivity index (χ2n) is 13.5. The van der Waals surface area contributed by atoms with Crippen molar-refractivity contribution >= 4 is 16.9 Å². The minimum atomic E-state index is 0.00463. The van der Waals surface area contributed by atoms with Gasteiger partial charge in [-0.3, -0.25) is 4.99 Å². The van der Waals surface area contributed by atoms with Crippen molar-refractivity contribution in [2.75, 3.05) is 0 Å². The maximum atomic E-state index is 5.31. The second kappa shape index (κ2) is 15.8. The molecule has 7 aromatic rings. The van der Waals surface area contributed by atoms with Crippen LogP contribution in [0.4, 0.5) is 0 Å². The third-order valence-electron chi connectivity index (χ3n) is 9.98. The lowest BCUT2D eigenvalue weighted by molar-refractivity contribution is 0.748. The van der Waals surface area contributed by atoms with Crippen molar-refractivity contribution in [3.05, 3.63) is 236 Å². The summed E-state index contributed by atoms with van der Waals surface area (Å²) in [5.41, 5.74) is 16.6. The van der Waals surface area contributed by atoms with E-state index in [4.69, 9.17) is 9.98 Å². The third-order valence-corrected chi connectivity index (χ3v) is 9.98. The van der Waals surface area contributed by atoms with Crippen molar-refractivity contribution in [3.63, 3.8) is 0 Å². The summed E-state index contributed by atoms with van der Waals surface area (Å²) < 4.78 is 0. The predicted octanol–water partition coefficient (Wildman–Crippen LogP) is 13.5. The molecular weight excluding hydrogens is 653 g/mol. The number of hydrogen-bond donors (Lipinski definition) is 0. The fourth-order valence-corrected chi connectivity index (χ4v) is 7.12. The van der Waals surface area contributed by atoms with Gasteiger partial charge in [0, 0.05) is 11.1 Å². The Labute approximate surface area is 318 Å². The molecule has 0 amide bonds. The van der Waals surface area contributed by atoms with Gasteiger partial charge < -0.3 is 0 Å². The van der Waals surface area contributed by atoms with E-state index in [1.54, 1.807) is 6.08 Å². The van der Waals surface area contributed by atoms with Crippen molar-refractivity contribution in [1.82, 2.24) is 4.98 Å². The molecule has 1 aliphatic rings. The summed E-state index contributed by atoms with van der Waals surface area (Å²) in [6.07, 6.45) is 8.71. The van der Waals surface area contributed by atoms with E-state index < -0.39 is 0 Å². The molecule has 0 saturated carbocycles. The Morgan fingerprint density at radius 3 is 1.69 bits per heavy atom. The quantitative estimate of drug-likeness (QED) is 0.131. The SMILES string of the molecule is C=C/C=C(\C=C)c1ccc(C2=NC(c3ccccc3)CC(c3cccc(-c4cc(-c5ccccc5)nc(-c5ccc(-c6ccccc6)cc5)c4)c3)=C2)cc1. The van der Waals surface area contributed by atoms with Crippen LogP contribution in [0.1, 0.15) is 34.7 Å². The lowest BCUT2D eigenvalue weighted by Gasteiger charge is -2.23. The first-order valence-corrected chi connectivity index (χ1v) is 18.4. The molecule has 0 aliphatic carbocycles. The number of allylic oxidation sites excluding steroid dienone is 5. The highest BCUT2D eigenvalue weighted by Gasteiger charge is 2.21. The second-order valence-corrected chi connectivity index (χ2v) is 13.5. The molecule has 1 aromatic heterocycles. The van der Waals surface area contributed by atoms with Gasteiger partial charge in [0.1, 0.15) is 0 Å². The summed E-state index contributed by atoms with van der Waals surface area (Å²) in [5, 5.41) is 0. The normalized spacial score (nSPS) is 14.1. The largest absolute Gasteiger partial charge is 0.276 e. The summed E-state index contributed by atoms with van der Waals surface area (Å²) in [6.45, 7) is 7.84. The molecule has 0 bridgehead atoms. The summed E-state index contributed by atoms with van der Waals surface area (Å²) in [5.74, 6) is 0. The van der Waals surface area contributed by atoms with Gasteiger partial charge in [0.25, 0.3) is 0 Å². The number of nitrogens with zero attached hydrogens (tertiary/aromatic N) is 2. The first kappa shape index (κ1) is 34.2. The van der Waals surface area contributed by atoms with E-state index in [1.807, 2.05) is 24.3 Å². The van der Waals surface area contributed by atoms with Crippen molar-refractivity contribution in [3.8, 4) is 44.8 Å². The molecule has 8 rings (SSSR count). The Morgan fingerprint density at radius 2 is 1.04 bits per heavy atom. The number of pyridine rings is 1. The van der Waals surface area contributed by atoms with E-state index in [1.165, 1.54) is 27.8 Å². The Hall–Kier alpha value is -6.90. The number of rotatable bonds is 10. The molecule has 2 nitrogen and oxygen atoms in total. The Morgan fingerprint density at radius 1 is 0.500 bits per heavy atom. The van der Waals surface area contributed by atoms with E-state index in [0.717, 1.165) is 62.5 Å². The monoisotopic (exact) mass is 692 g/mol. The average molecular weight is 693 g/mol. The van der Waals surface area contributed by atoms with Crippen LogP contribution in [-0.2, 0) is 0 Å². The summed E-state index contributed by atoms with van der Waals surface area (Å²) in [7, 11) is 0. The molecule has 1 aliphatic heterocycles. The molecule has 1 atom stereocenters. The highest BCUT2D eigenvalue weighted by molar-refractivity contribution is 6.13. The molecule has 0 saturated heterocycles. The Bertz CT molecular complexity index is 2510. The first-order chi connectivity index (χ1) is 26.6. The van der Waals surface area contributed by atoms with Gasteiger partial charge >= 0.3 is 0 Å². The van der Waals surface area contributed by atoms with Gasteiger partial charge in [-0.25, -0.2) is 4.98 Å². The number of dihydropyridines is 1. The molecule has 0 fully saturated rings. The van der Waals surface area contributed by atoms with Crippen LogP contribution in [0.15, 0.2) is 218 Å². The maximum Gasteiger partial charge on any atom is 0.0796 e. The highest BCUT2D eigenvalue weighted by atomic mass is 14.8. The van der Waals surface area contributed by atoms with E-state index in [9.17, 15) is 0 Å². The standard InChI is InChI=1S/C52H40N2/c1-3-15-37(4-2)39-24-28-43(29-25-39)51-35-47(33-49(53-51)41-18-10-6-11-19-41)45-22-14-23-46(32-45)48-34-50(42-20-12-7-13-21-42)54-52(36-48)44-30-26-40(27-31-44)38-16-8-5-9-17-38/h3-32,34-36,49H,1-2,33H2/b37-15+. The lowest BCUT2D eigenvalue weighted by atomic mass is 9.88. The average Bonchev–Trinajstić information content (AvgIpc) is 3.26. The molecule has 1 unspecified atom stereocenters. The Balaban J connectivity index is 1.18. The lowest BCUT2D eigenvalue weighted by Crippen LogP contribution is -2.10. The first-order valence-electron chi connectivity index (χ1n) is 18.4. The van der Waals surface area contributed by atoms with Gasteiger partial charge in [-0.05, 0) is 86.3 Å². The molecule has 2 heterocycles. The summed E-state index contributed by atoms with van der Waals surface area (Å²) in [4.78, 5) is 10.5. The minimum Gasteiger partial charge on any atom is -0.276 e.